The summed E-state index contributed by atoms with van der Waals surface area (Å²) in [7, 11) is 3.46. The fourth-order valence-electron chi connectivity index (χ4n) is 1.94. The number of hydrogen-bond acceptors (Lipinski definition) is 3. The first-order chi connectivity index (χ1) is 8.61. The van der Waals surface area contributed by atoms with Crippen molar-refractivity contribution in [2.24, 2.45) is 0 Å². The molecule has 0 spiro atoms. The van der Waals surface area contributed by atoms with Crippen LogP contribution in [0, 0.1) is 6.92 Å². The lowest BCUT2D eigenvalue weighted by Crippen LogP contribution is -2.12. The summed E-state index contributed by atoms with van der Waals surface area (Å²) < 4.78 is 0. The highest BCUT2D eigenvalue weighted by molar-refractivity contribution is 5.77. The van der Waals surface area contributed by atoms with Crippen molar-refractivity contribution in [1.29, 1.82) is 0 Å². The third kappa shape index (κ3) is 2.46. The lowest BCUT2D eigenvalue weighted by atomic mass is 10.0. The van der Waals surface area contributed by atoms with Crippen LogP contribution >= 0.6 is 0 Å². The molecular weight excluding hydrogens is 224 g/mol. The Kier molecular flexibility index (Phi) is 3.53. The number of hydrogen-bond donors (Lipinski definition) is 2. The molecule has 0 amide bonds. The summed E-state index contributed by atoms with van der Waals surface area (Å²) in [6.07, 6.45) is 0. The molecule has 3 heteroatoms. The number of hydroxylamine groups is 1. The standard InChI is InChI=1S/C15H18N2O/c1-11-4-6-12(7-5-11)13-8-9-14(16-2)15(10-13)17(3)18/h4-10,16,18H,1-3H3. The van der Waals surface area contributed by atoms with Crippen LogP contribution in [0.1, 0.15) is 5.56 Å². The van der Waals surface area contributed by atoms with Crippen LogP contribution < -0.4 is 10.4 Å². The van der Waals surface area contributed by atoms with Gasteiger partial charge in [0.1, 0.15) is 0 Å². The topological polar surface area (TPSA) is 35.5 Å². The highest BCUT2D eigenvalue weighted by Gasteiger charge is 2.07. The summed E-state index contributed by atoms with van der Waals surface area (Å²) in [4.78, 5) is 0. The molecule has 2 N–H and O–H groups in total. The van der Waals surface area contributed by atoms with Gasteiger partial charge in [-0.15, -0.1) is 0 Å². The zero-order valence-electron chi connectivity index (χ0n) is 10.9. The highest BCUT2D eigenvalue weighted by atomic mass is 16.5. The van der Waals surface area contributed by atoms with E-state index in [4.69, 9.17) is 0 Å². The summed E-state index contributed by atoms with van der Waals surface area (Å²) in [5, 5.41) is 13.8. The molecule has 0 aromatic heterocycles. The Morgan fingerprint density at radius 1 is 1.00 bits per heavy atom. The van der Waals surface area contributed by atoms with E-state index in [0.717, 1.165) is 27.6 Å². The van der Waals surface area contributed by atoms with E-state index in [-0.39, 0.29) is 0 Å². The van der Waals surface area contributed by atoms with Gasteiger partial charge in [-0.2, -0.15) is 0 Å². The van der Waals surface area contributed by atoms with Crippen molar-refractivity contribution >= 4 is 11.4 Å². The third-order valence-corrected chi connectivity index (χ3v) is 3.00. The molecule has 2 aromatic carbocycles. The SMILES string of the molecule is CNc1ccc(-c2ccc(C)cc2)cc1N(C)O. The van der Waals surface area contributed by atoms with Gasteiger partial charge in [0.15, 0.2) is 0 Å². The van der Waals surface area contributed by atoms with Crippen molar-refractivity contribution in [1.82, 2.24) is 0 Å². The van der Waals surface area contributed by atoms with E-state index in [0.29, 0.717) is 0 Å². The molecule has 0 aliphatic rings. The Morgan fingerprint density at radius 2 is 1.61 bits per heavy atom. The van der Waals surface area contributed by atoms with Crippen LogP contribution in [0.15, 0.2) is 42.5 Å². The largest absolute Gasteiger partial charge is 0.386 e. The van der Waals surface area contributed by atoms with Crippen LogP contribution in [0.2, 0.25) is 0 Å². The van der Waals surface area contributed by atoms with Gasteiger partial charge in [0.05, 0.1) is 11.4 Å². The fraction of sp³-hybridized carbons (Fsp3) is 0.200. The van der Waals surface area contributed by atoms with Crippen LogP contribution in [0.5, 0.6) is 0 Å². The molecule has 0 bridgehead atoms. The predicted molar refractivity (Wildman–Crippen MR) is 76.4 cm³/mol. The Morgan fingerprint density at radius 3 is 2.17 bits per heavy atom. The molecule has 0 unspecified atom stereocenters. The molecule has 2 aromatic rings. The molecular formula is C15H18N2O. The molecule has 0 radical (unpaired) electrons. The second kappa shape index (κ2) is 5.10. The van der Waals surface area contributed by atoms with Crippen LogP contribution in [-0.4, -0.2) is 19.3 Å². The average Bonchev–Trinajstić information content (AvgIpc) is 2.39. The lowest BCUT2D eigenvalue weighted by Gasteiger charge is -2.17. The normalized spacial score (nSPS) is 10.2. The summed E-state index contributed by atoms with van der Waals surface area (Å²) in [5.41, 5.74) is 5.13. The van der Waals surface area contributed by atoms with Gasteiger partial charge in [0.2, 0.25) is 0 Å². The van der Waals surface area contributed by atoms with E-state index >= 15 is 0 Å². The Hall–Kier alpha value is -2.00. The second-order valence-electron chi connectivity index (χ2n) is 4.37. The van der Waals surface area contributed by atoms with Crippen molar-refractivity contribution < 1.29 is 5.21 Å². The fourth-order valence-corrected chi connectivity index (χ4v) is 1.94. The van der Waals surface area contributed by atoms with Gasteiger partial charge >= 0.3 is 0 Å². The van der Waals surface area contributed by atoms with E-state index in [9.17, 15) is 5.21 Å². The number of anilines is 2. The van der Waals surface area contributed by atoms with Crippen LogP contribution in [0.4, 0.5) is 11.4 Å². The maximum atomic E-state index is 9.64. The van der Waals surface area contributed by atoms with Crippen molar-refractivity contribution in [2.45, 2.75) is 6.92 Å². The maximum absolute atomic E-state index is 9.64. The third-order valence-electron chi connectivity index (χ3n) is 3.00. The van der Waals surface area contributed by atoms with Gasteiger partial charge in [-0.3, -0.25) is 10.3 Å². The van der Waals surface area contributed by atoms with E-state index in [1.807, 2.05) is 25.2 Å². The zero-order chi connectivity index (χ0) is 13.1. The molecule has 0 atom stereocenters. The highest BCUT2D eigenvalue weighted by Crippen LogP contribution is 2.30. The van der Waals surface area contributed by atoms with Gasteiger partial charge in [0.25, 0.3) is 0 Å². The summed E-state index contributed by atoms with van der Waals surface area (Å²) in [6, 6.07) is 14.3. The first-order valence-electron chi connectivity index (χ1n) is 5.93. The number of rotatable bonds is 3. The molecule has 0 heterocycles. The smallest absolute Gasteiger partial charge is 0.0868 e. The van der Waals surface area contributed by atoms with Crippen molar-refractivity contribution in [2.75, 3.05) is 24.5 Å². The molecule has 2 rings (SSSR count). The zero-order valence-corrected chi connectivity index (χ0v) is 10.9. The number of aryl methyl sites for hydroxylation is 1. The molecule has 94 valence electrons. The minimum atomic E-state index is 0.760. The van der Waals surface area contributed by atoms with Crippen molar-refractivity contribution in [3.05, 3.63) is 48.0 Å². The second-order valence-corrected chi connectivity index (χ2v) is 4.37. The van der Waals surface area contributed by atoms with Gasteiger partial charge < -0.3 is 5.32 Å². The molecule has 0 saturated heterocycles. The first kappa shape index (κ1) is 12.5. The molecule has 18 heavy (non-hydrogen) atoms. The van der Waals surface area contributed by atoms with Crippen LogP contribution in [-0.2, 0) is 0 Å². The molecule has 0 aliphatic heterocycles. The first-order valence-corrected chi connectivity index (χ1v) is 5.93. The van der Waals surface area contributed by atoms with E-state index < -0.39 is 0 Å². The Bertz CT molecular complexity index is 533. The molecule has 0 fully saturated rings. The Labute approximate surface area is 108 Å². The lowest BCUT2D eigenvalue weighted by molar-refractivity contribution is 0.280. The van der Waals surface area contributed by atoms with Gasteiger partial charge in [0, 0.05) is 14.1 Å². The number of nitrogens with zero attached hydrogens (tertiary/aromatic N) is 1. The van der Waals surface area contributed by atoms with Crippen LogP contribution in [0.3, 0.4) is 0 Å². The van der Waals surface area contributed by atoms with E-state index in [1.165, 1.54) is 5.56 Å². The summed E-state index contributed by atoms with van der Waals surface area (Å²) in [6.45, 7) is 2.07. The minimum absolute atomic E-state index is 0.760. The molecule has 0 aliphatic carbocycles. The van der Waals surface area contributed by atoms with Gasteiger partial charge in [-0.1, -0.05) is 35.9 Å². The predicted octanol–water partition coefficient (Wildman–Crippen LogP) is 3.53. The van der Waals surface area contributed by atoms with Gasteiger partial charge in [-0.05, 0) is 30.2 Å². The maximum Gasteiger partial charge on any atom is 0.0868 e. The monoisotopic (exact) mass is 242 g/mol. The number of benzene rings is 2. The van der Waals surface area contributed by atoms with Crippen molar-refractivity contribution in [3.63, 3.8) is 0 Å². The number of nitrogens with one attached hydrogen (secondary N) is 1. The summed E-state index contributed by atoms with van der Waals surface area (Å²) >= 11 is 0. The van der Waals surface area contributed by atoms with E-state index in [2.05, 4.69) is 36.5 Å². The Balaban J connectivity index is 2.46. The van der Waals surface area contributed by atoms with Crippen molar-refractivity contribution in [3.8, 4) is 11.1 Å². The molecule has 0 saturated carbocycles. The summed E-state index contributed by atoms with van der Waals surface area (Å²) in [5.74, 6) is 0. The van der Waals surface area contributed by atoms with Gasteiger partial charge in [-0.25, -0.2) is 0 Å². The minimum Gasteiger partial charge on any atom is -0.386 e. The van der Waals surface area contributed by atoms with E-state index in [1.54, 1.807) is 7.05 Å². The van der Waals surface area contributed by atoms with Crippen LogP contribution in [0.25, 0.3) is 11.1 Å². The quantitative estimate of drug-likeness (QED) is 0.808. The molecule has 3 nitrogen and oxygen atoms in total. The average molecular weight is 242 g/mol.